The predicted octanol–water partition coefficient (Wildman–Crippen LogP) is 1.69. The van der Waals surface area contributed by atoms with Gasteiger partial charge in [0.15, 0.2) is 5.78 Å². The lowest BCUT2D eigenvalue weighted by Gasteiger charge is -2.28. The van der Waals surface area contributed by atoms with Crippen LogP contribution in [0.2, 0.25) is 0 Å². The highest BCUT2D eigenvalue weighted by atomic mass is 32.2. The second kappa shape index (κ2) is 16.0. The number of Topliss-reactive ketones (excluding diaryl/α,β-unsaturated/α-hetero) is 1. The number of hydrogen-bond acceptors (Lipinski definition) is 7. The van der Waals surface area contributed by atoms with Crippen LogP contribution in [-0.2, 0) is 34.1 Å². The number of carbonyl (C=O) groups excluding carboxylic acids is 5. The van der Waals surface area contributed by atoms with Gasteiger partial charge in [0.25, 0.3) is 10.1 Å². The van der Waals surface area contributed by atoms with E-state index in [4.69, 9.17) is 4.55 Å². The molecule has 0 saturated carbocycles. The van der Waals surface area contributed by atoms with E-state index >= 15 is 0 Å². The summed E-state index contributed by atoms with van der Waals surface area (Å²) in [6.07, 6.45) is 0.269. The van der Waals surface area contributed by atoms with Gasteiger partial charge in [0.05, 0.1) is 11.8 Å². The summed E-state index contributed by atoms with van der Waals surface area (Å²) >= 11 is 0. The first-order valence-corrected chi connectivity index (χ1v) is 15.3. The lowest BCUT2D eigenvalue weighted by Crippen LogP contribution is -2.54. The molecular weight excluding hydrogens is 540 g/mol. The van der Waals surface area contributed by atoms with Crippen LogP contribution in [-0.4, -0.2) is 84.8 Å². The Morgan fingerprint density at radius 3 is 1.88 bits per heavy atom. The van der Waals surface area contributed by atoms with Crippen molar-refractivity contribution in [2.45, 2.75) is 100 Å². The fraction of sp³-hybridized carbons (Fsp3) is 0.815. The molecule has 2 atom stereocenters. The lowest BCUT2D eigenvalue weighted by molar-refractivity contribution is -0.135. The molecule has 0 rings (SSSR count). The summed E-state index contributed by atoms with van der Waals surface area (Å²) in [5.41, 5.74) is -0.719. The molecule has 13 heteroatoms. The molecule has 0 spiro atoms. The molecule has 12 nitrogen and oxygen atoms in total. The summed E-state index contributed by atoms with van der Waals surface area (Å²) in [5.74, 6) is -2.77. The van der Waals surface area contributed by atoms with Gasteiger partial charge in [-0.1, -0.05) is 55.4 Å². The molecule has 0 saturated heterocycles. The molecule has 0 aliphatic carbocycles. The molecule has 0 unspecified atom stereocenters. The maximum Gasteiger partial charge on any atom is 0.266 e. The highest BCUT2D eigenvalue weighted by molar-refractivity contribution is 7.85. The van der Waals surface area contributed by atoms with Crippen molar-refractivity contribution in [3.63, 3.8) is 0 Å². The Hall–Kier alpha value is -2.54. The zero-order chi connectivity index (χ0) is 31.5. The van der Waals surface area contributed by atoms with Gasteiger partial charge in [-0.25, -0.2) is 0 Å². The third-order valence-electron chi connectivity index (χ3n) is 6.10. The fourth-order valence-electron chi connectivity index (χ4n) is 3.65. The fourth-order valence-corrected chi connectivity index (χ4v) is 4.01. The van der Waals surface area contributed by atoms with Crippen LogP contribution in [0.5, 0.6) is 0 Å². The molecule has 4 amide bonds. The second-order valence-electron chi connectivity index (χ2n) is 12.7. The Balaban J connectivity index is 5.17. The van der Waals surface area contributed by atoms with Gasteiger partial charge in [0.1, 0.15) is 6.04 Å². The molecule has 232 valence electrons. The van der Waals surface area contributed by atoms with E-state index in [0.29, 0.717) is 13.0 Å². The highest BCUT2D eigenvalue weighted by Crippen LogP contribution is 2.20. The summed E-state index contributed by atoms with van der Waals surface area (Å²) in [6, 6.07) is -1.59. The molecule has 0 aliphatic heterocycles. The number of hydrogen-bond donors (Lipinski definition) is 4. The van der Waals surface area contributed by atoms with Gasteiger partial charge in [-0.15, -0.1) is 0 Å². The van der Waals surface area contributed by atoms with E-state index in [-0.39, 0.29) is 55.4 Å². The Morgan fingerprint density at radius 1 is 0.825 bits per heavy atom. The van der Waals surface area contributed by atoms with Crippen LogP contribution in [0.3, 0.4) is 0 Å². The van der Waals surface area contributed by atoms with Crippen LogP contribution in [0, 0.1) is 16.7 Å². The first kappa shape index (κ1) is 37.5. The van der Waals surface area contributed by atoms with Crippen LogP contribution < -0.4 is 16.0 Å². The van der Waals surface area contributed by atoms with Crippen molar-refractivity contribution in [2.24, 2.45) is 16.7 Å². The van der Waals surface area contributed by atoms with Crippen molar-refractivity contribution in [1.29, 1.82) is 0 Å². The van der Waals surface area contributed by atoms with E-state index in [1.807, 2.05) is 20.8 Å². The molecule has 0 bridgehead atoms. The van der Waals surface area contributed by atoms with E-state index in [1.54, 1.807) is 41.5 Å². The normalized spacial score (nSPS) is 13.8. The molecule has 0 aliphatic rings. The SMILES string of the molecule is CC(C)[C@H](NC(=O)CCN(CCC(C)(C)C)C(=O)CCC(=O)NCCS(=O)(=O)O)C(=O)N[C@@H](C)C(=O)C(C)(C)C. The topological polar surface area (TPSA) is 179 Å². The molecular formula is C27H50N4O8S. The molecule has 0 aromatic carbocycles. The molecule has 4 N–H and O–H groups in total. The van der Waals surface area contributed by atoms with Crippen molar-refractivity contribution in [3.8, 4) is 0 Å². The van der Waals surface area contributed by atoms with Crippen molar-refractivity contribution in [1.82, 2.24) is 20.9 Å². The van der Waals surface area contributed by atoms with E-state index in [2.05, 4.69) is 16.0 Å². The minimum absolute atomic E-state index is 0.0661. The van der Waals surface area contributed by atoms with Crippen molar-refractivity contribution in [3.05, 3.63) is 0 Å². The summed E-state index contributed by atoms with van der Waals surface area (Å²) in [6.45, 7) is 16.7. The van der Waals surface area contributed by atoms with Crippen LogP contribution >= 0.6 is 0 Å². The van der Waals surface area contributed by atoms with Crippen molar-refractivity contribution < 1.29 is 36.9 Å². The summed E-state index contributed by atoms with van der Waals surface area (Å²) in [5, 5.41) is 7.75. The average molecular weight is 591 g/mol. The van der Waals surface area contributed by atoms with Gasteiger partial charge in [-0.2, -0.15) is 8.42 Å². The van der Waals surface area contributed by atoms with Gasteiger partial charge in [0.2, 0.25) is 23.6 Å². The zero-order valence-electron chi connectivity index (χ0n) is 25.5. The quantitative estimate of drug-likeness (QED) is 0.196. The second-order valence-corrected chi connectivity index (χ2v) is 14.3. The lowest BCUT2D eigenvalue weighted by atomic mass is 9.87. The maximum absolute atomic E-state index is 12.9. The minimum Gasteiger partial charge on any atom is -0.355 e. The Kier molecular flexibility index (Phi) is 15.0. The summed E-state index contributed by atoms with van der Waals surface area (Å²) < 4.78 is 30.3. The van der Waals surface area contributed by atoms with Crippen LogP contribution in [0.1, 0.15) is 88.0 Å². The van der Waals surface area contributed by atoms with Gasteiger partial charge in [-0.3, -0.25) is 28.5 Å². The summed E-state index contributed by atoms with van der Waals surface area (Å²) in [7, 11) is -4.20. The van der Waals surface area contributed by atoms with Crippen molar-refractivity contribution >= 4 is 39.5 Å². The summed E-state index contributed by atoms with van der Waals surface area (Å²) in [4.78, 5) is 64.5. The van der Waals surface area contributed by atoms with Gasteiger partial charge in [0, 0.05) is 44.3 Å². The average Bonchev–Trinajstić information content (AvgIpc) is 2.77. The maximum atomic E-state index is 12.9. The zero-order valence-corrected chi connectivity index (χ0v) is 26.4. The molecule has 40 heavy (non-hydrogen) atoms. The molecule has 0 aromatic heterocycles. The largest absolute Gasteiger partial charge is 0.355 e. The Labute approximate surface area is 239 Å². The van der Waals surface area contributed by atoms with Gasteiger partial charge in [-0.05, 0) is 24.7 Å². The van der Waals surface area contributed by atoms with Crippen LogP contribution in [0.15, 0.2) is 0 Å². The Morgan fingerprint density at radius 2 is 1.40 bits per heavy atom. The van der Waals surface area contributed by atoms with E-state index < -0.39 is 51.1 Å². The van der Waals surface area contributed by atoms with Gasteiger partial charge < -0.3 is 20.9 Å². The first-order valence-electron chi connectivity index (χ1n) is 13.7. The van der Waals surface area contributed by atoms with Crippen molar-refractivity contribution in [2.75, 3.05) is 25.4 Å². The van der Waals surface area contributed by atoms with Crippen LogP contribution in [0.25, 0.3) is 0 Å². The Bertz CT molecular complexity index is 997. The van der Waals surface area contributed by atoms with Crippen LogP contribution in [0.4, 0.5) is 0 Å². The minimum atomic E-state index is -4.20. The molecule has 0 heterocycles. The first-order chi connectivity index (χ1) is 18.0. The molecule has 0 fully saturated rings. The number of nitrogens with zero attached hydrogens (tertiary/aromatic N) is 1. The highest BCUT2D eigenvalue weighted by Gasteiger charge is 2.31. The third kappa shape index (κ3) is 16.5. The van der Waals surface area contributed by atoms with E-state index in [0.717, 1.165) is 0 Å². The van der Waals surface area contributed by atoms with E-state index in [1.165, 1.54) is 4.90 Å². The smallest absolute Gasteiger partial charge is 0.266 e. The predicted molar refractivity (Wildman–Crippen MR) is 153 cm³/mol. The number of amides is 4. The monoisotopic (exact) mass is 590 g/mol. The molecule has 0 aromatic rings. The van der Waals surface area contributed by atoms with Gasteiger partial charge >= 0.3 is 0 Å². The number of rotatable bonds is 16. The number of ketones is 1. The molecule has 0 radical (unpaired) electrons. The third-order valence-corrected chi connectivity index (χ3v) is 6.82. The number of carbonyl (C=O) groups is 5. The standard InChI is InChI=1S/C27H50N4O8S/c1-18(2)23(25(36)29-19(3)24(35)27(7,8)9)30-21(33)12-15-31(16-13-26(4,5)6)22(34)11-10-20(32)28-14-17-40(37,38)39/h18-19,23H,10-17H2,1-9H3,(H,28,32)(H,29,36)(H,30,33)(H,37,38,39)/t19-,23-/m0/s1. The van der Waals surface area contributed by atoms with E-state index in [9.17, 15) is 32.4 Å². The number of nitrogens with one attached hydrogen (secondary N) is 3.